The lowest BCUT2D eigenvalue weighted by molar-refractivity contribution is -0.116. The van der Waals surface area contributed by atoms with Crippen molar-refractivity contribution in [2.75, 3.05) is 5.32 Å². The number of nitrogens with zero attached hydrogens (tertiary/aromatic N) is 2. The van der Waals surface area contributed by atoms with Gasteiger partial charge in [-0.15, -0.1) is 22.7 Å². The highest BCUT2D eigenvalue weighted by molar-refractivity contribution is 7.18. The average molecular weight is 431 g/mol. The first-order valence-electron chi connectivity index (χ1n) is 9.63. The Bertz CT molecular complexity index is 1190. The maximum Gasteiger partial charge on any atom is 0.262 e. The molecule has 0 saturated heterocycles. The van der Waals surface area contributed by atoms with Crippen molar-refractivity contribution in [2.45, 2.75) is 52.5 Å². The Balaban J connectivity index is 1.63. The lowest BCUT2D eigenvalue weighted by Gasteiger charge is -2.11. The van der Waals surface area contributed by atoms with Crippen molar-refractivity contribution in [3.8, 4) is 0 Å². The summed E-state index contributed by atoms with van der Waals surface area (Å²) >= 11 is 2.91. The maximum absolute atomic E-state index is 12.9. The SMILES string of the molecule is CCc1cc2c(=O)n(CC(=O)Nc3sc4c(c3C(N)=O)CCCC4)c(C)nc2s1. The molecule has 0 aromatic carbocycles. The molecule has 0 bridgehead atoms. The predicted octanol–water partition coefficient (Wildman–Crippen LogP) is 3.01. The van der Waals surface area contributed by atoms with Gasteiger partial charge in [-0.25, -0.2) is 4.98 Å². The summed E-state index contributed by atoms with van der Waals surface area (Å²) in [7, 11) is 0. The van der Waals surface area contributed by atoms with Gasteiger partial charge in [0.15, 0.2) is 0 Å². The molecule has 7 nitrogen and oxygen atoms in total. The third kappa shape index (κ3) is 3.60. The predicted molar refractivity (Wildman–Crippen MR) is 116 cm³/mol. The number of carbonyl (C=O) groups is 2. The summed E-state index contributed by atoms with van der Waals surface area (Å²) in [5.41, 5.74) is 6.75. The van der Waals surface area contributed by atoms with Crippen LogP contribution >= 0.6 is 22.7 Å². The Morgan fingerprint density at radius 2 is 2.03 bits per heavy atom. The molecular weight excluding hydrogens is 408 g/mol. The van der Waals surface area contributed by atoms with Crippen LogP contribution < -0.4 is 16.6 Å². The summed E-state index contributed by atoms with van der Waals surface area (Å²) in [6, 6.07) is 1.85. The highest BCUT2D eigenvalue weighted by atomic mass is 32.1. The number of nitrogens with one attached hydrogen (secondary N) is 1. The fourth-order valence-corrected chi connectivity index (χ4v) is 6.07. The molecule has 3 N–H and O–H groups in total. The molecule has 0 spiro atoms. The van der Waals surface area contributed by atoms with Crippen LogP contribution in [0.4, 0.5) is 5.00 Å². The molecule has 0 fully saturated rings. The molecule has 4 rings (SSSR count). The normalized spacial score (nSPS) is 13.4. The first kappa shape index (κ1) is 19.8. The van der Waals surface area contributed by atoms with E-state index in [4.69, 9.17) is 5.73 Å². The molecule has 0 unspecified atom stereocenters. The van der Waals surface area contributed by atoms with Crippen molar-refractivity contribution >= 4 is 49.7 Å². The fraction of sp³-hybridized carbons (Fsp3) is 0.400. The molecule has 2 amide bonds. The minimum absolute atomic E-state index is 0.161. The summed E-state index contributed by atoms with van der Waals surface area (Å²) in [4.78, 5) is 45.0. The van der Waals surface area contributed by atoms with E-state index in [1.54, 1.807) is 6.92 Å². The van der Waals surface area contributed by atoms with E-state index >= 15 is 0 Å². The number of amides is 2. The van der Waals surface area contributed by atoms with Crippen molar-refractivity contribution in [2.24, 2.45) is 5.73 Å². The zero-order chi connectivity index (χ0) is 20.7. The minimum Gasteiger partial charge on any atom is -0.365 e. The summed E-state index contributed by atoms with van der Waals surface area (Å²) in [5, 5.41) is 3.83. The molecule has 3 aromatic heterocycles. The Morgan fingerprint density at radius 3 is 2.76 bits per heavy atom. The molecule has 1 aliphatic rings. The highest BCUT2D eigenvalue weighted by Crippen LogP contribution is 2.37. The number of hydrogen-bond acceptors (Lipinski definition) is 6. The van der Waals surface area contributed by atoms with Gasteiger partial charge in [0.1, 0.15) is 22.2 Å². The third-order valence-corrected chi connectivity index (χ3v) is 7.59. The molecular formula is C20H22N4O3S2. The number of thiophene rings is 2. The van der Waals surface area contributed by atoms with Gasteiger partial charge in [-0.05, 0) is 50.7 Å². The van der Waals surface area contributed by atoms with E-state index in [-0.39, 0.29) is 18.0 Å². The number of hydrogen-bond donors (Lipinski definition) is 2. The lowest BCUT2D eigenvalue weighted by atomic mass is 9.95. The standard InChI is InChI=1S/C20H22N4O3S2/c1-3-11-8-13-18(28-11)22-10(2)24(20(13)27)9-15(25)23-19-16(17(21)26)12-6-4-5-7-14(12)29-19/h8H,3-7,9H2,1-2H3,(H2,21,26)(H,23,25). The molecule has 0 atom stereocenters. The quantitative estimate of drug-likeness (QED) is 0.649. The Morgan fingerprint density at radius 1 is 1.28 bits per heavy atom. The second-order valence-electron chi connectivity index (χ2n) is 7.16. The summed E-state index contributed by atoms with van der Waals surface area (Å²) in [6.07, 6.45) is 4.61. The number of primary amides is 1. The van der Waals surface area contributed by atoms with Crippen molar-refractivity contribution in [1.29, 1.82) is 0 Å². The number of nitrogens with two attached hydrogens (primary N) is 1. The van der Waals surface area contributed by atoms with E-state index in [0.29, 0.717) is 26.6 Å². The van der Waals surface area contributed by atoms with E-state index in [0.717, 1.165) is 47.4 Å². The molecule has 29 heavy (non-hydrogen) atoms. The number of aromatic nitrogens is 2. The molecule has 0 radical (unpaired) electrons. The van der Waals surface area contributed by atoms with E-state index in [1.165, 1.54) is 27.2 Å². The third-order valence-electron chi connectivity index (χ3n) is 5.21. The van der Waals surface area contributed by atoms with Crippen molar-refractivity contribution in [3.63, 3.8) is 0 Å². The van der Waals surface area contributed by atoms with Crippen molar-refractivity contribution in [1.82, 2.24) is 9.55 Å². The number of anilines is 1. The van der Waals surface area contributed by atoms with Crippen molar-refractivity contribution < 1.29 is 9.59 Å². The van der Waals surface area contributed by atoms with Gasteiger partial charge < -0.3 is 11.1 Å². The van der Waals surface area contributed by atoms with Gasteiger partial charge in [0.2, 0.25) is 5.91 Å². The molecule has 152 valence electrons. The number of rotatable bonds is 5. The van der Waals surface area contributed by atoms with Crippen molar-refractivity contribution in [3.05, 3.63) is 43.1 Å². The van der Waals surface area contributed by atoms with E-state index in [9.17, 15) is 14.4 Å². The van der Waals surface area contributed by atoms with Gasteiger partial charge in [-0.3, -0.25) is 19.0 Å². The Hall–Kier alpha value is -2.52. The van der Waals surface area contributed by atoms with Gasteiger partial charge in [0, 0.05) is 9.75 Å². The van der Waals surface area contributed by atoms with Gasteiger partial charge in [-0.1, -0.05) is 6.92 Å². The van der Waals surface area contributed by atoms with E-state index in [1.807, 2.05) is 13.0 Å². The Kier molecular flexibility index (Phi) is 5.26. The molecule has 0 saturated carbocycles. The number of carbonyl (C=O) groups excluding carboxylic acids is 2. The number of fused-ring (bicyclic) bond motifs is 2. The van der Waals surface area contributed by atoms with Crippen LogP contribution in [0.25, 0.3) is 10.2 Å². The van der Waals surface area contributed by atoms with E-state index < -0.39 is 5.91 Å². The summed E-state index contributed by atoms with van der Waals surface area (Å²) < 4.78 is 1.38. The van der Waals surface area contributed by atoms with Gasteiger partial charge >= 0.3 is 0 Å². The topological polar surface area (TPSA) is 107 Å². The largest absolute Gasteiger partial charge is 0.365 e. The van der Waals surface area contributed by atoms with Crippen LogP contribution in [0.15, 0.2) is 10.9 Å². The monoisotopic (exact) mass is 430 g/mol. The zero-order valence-electron chi connectivity index (χ0n) is 16.3. The second kappa shape index (κ2) is 7.72. The fourth-order valence-electron chi connectivity index (χ4n) is 3.75. The van der Waals surface area contributed by atoms with Crippen LogP contribution in [-0.4, -0.2) is 21.4 Å². The Labute approximate surface area is 175 Å². The first-order valence-corrected chi connectivity index (χ1v) is 11.3. The van der Waals surface area contributed by atoms with Gasteiger partial charge in [-0.2, -0.15) is 0 Å². The van der Waals surface area contributed by atoms with Crippen LogP contribution in [0, 0.1) is 6.92 Å². The second-order valence-corrected chi connectivity index (χ2v) is 9.38. The first-order chi connectivity index (χ1) is 13.9. The average Bonchev–Trinajstić information content (AvgIpc) is 3.25. The maximum atomic E-state index is 12.9. The van der Waals surface area contributed by atoms with Crippen LogP contribution in [-0.2, 0) is 30.6 Å². The summed E-state index contributed by atoms with van der Waals surface area (Å²) in [6.45, 7) is 3.59. The van der Waals surface area contributed by atoms with Crippen LogP contribution in [0.5, 0.6) is 0 Å². The van der Waals surface area contributed by atoms with Gasteiger partial charge in [0.05, 0.1) is 10.9 Å². The summed E-state index contributed by atoms with van der Waals surface area (Å²) in [5.74, 6) is -0.410. The minimum atomic E-state index is -0.526. The molecule has 1 aliphatic carbocycles. The molecule has 9 heteroatoms. The van der Waals surface area contributed by atoms with E-state index in [2.05, 4.69) is 10.3 Å². The lowest BCUT2D eigenvalue weighted by Crippen LogP contribution is -2.30. The van der Waals surface area contributed by atoms with Crippen LogP contribution in [0.3, 0.4) is 0 Å². The molecule has 3 heterocycles. The molecule has 0 aliphatic heterocycles. The zero-order valence-corrected chi connectivity index (χ0v) is 18.0. The number of aryl methyl sites for hydroxylation is 3. The smallest absolute Gasteiger partial charge is 0.262 e. The van der Waals surface area contributed by atoms with Gasteiger partial charge in [0.25, 0.3) is 11.5 Å². The van der Waals surface area contributed by atoms with Crippen LogP contribution in [0.1, 0.15) is 51.3 Å². The van der Waals surface area contributed by atoms with Crippen LogP contribution in [0.2, 0.25) is 0 Å². The molecule has 3 aromatic rings. The highest BCUT2D eigenvalue weighted by Gasteiger charge is 2.25.